The summed E-state index contributed by atoms with van der Waals surface area (Å²) in [5, 5.41) is 0. The Morgan fingerprint density at radius 2 is 0.744 bits per heavy atom. The summed E-state index contributed by atoms with van der Waals surface area (Å²) in [5.41, 5.74) is 0. The summed E-state index contributed by atoms with van der Waals surface area (Å²) in [6, 6.07) is 0.588. The van der Waals surface area contributed by atoms with Crippen LogP contribution in [0.15, 0.2) is 12.4 Å². The van der Waals surface area contributed by atoms with Crippen molar-refractivity contribution in [2.45, 2.75) is 245 Å². The molecule has 2 heteroatoms. The van der Waals surface area contributed by atoms with Gasteiger partial charge in [-0.3, -0.25) is 0 Å². The highest BCUT2D eigenvalue weighted by Crippen LogP contribution is 2.30. The van der Waals surface area contributed by atoms with Crippen LogP contribution in [0.1, 0.15) is 251 Å². The van der Waals surface area contributed by atoms with Crippen LogP contribution in [0, 0.1) is 0 Å². The molecule has 0 aromatic carbocycles. The smallest absolute Gasteiger partial charge is 0.111 e. The zero-order valence-electron chi connectivity index (χ0n) is 30.3. The Labute approximate surface area is 272 Å². The quantitative estimate of drug-likeness (QED) is 0.0719. The van der Waals surface area contributed by atoms with Crippen LogP contribution in [0.2, 0.25) is 0 Å². The Bertz CT molecular complexity index is 664. The lowest BCUT2D eigenvalue weighted by atomic mass is 9.93. The zero-order valence-corrected chi connectivity index (χ0v) is 30.3. The lowest BCUT2D eigenvalue weighted by Gasteiger charge is -2.22. The van der Waals surface area contributed by atoms with Gasteiger partial charge in [0.15, 0.2) is 0 Å². The van der Waals surface area contributed by atoms with Gasteiger partial charge in [-0.15, -0.1) is 0 Å². The molecule has 0 saturated heterocycles. The van der Waals surface area contributed by atoms with Crippen LogP contribution < -0.4 is 0 Å². The highest BCUT2D eigenvalue weighted by molar-refractivity contribution is 5.02. The van der Waals surface area contributed by atoms with Crippen molar-refractivity contribution in [3.05, 3.63) is 18.2 Å². The monoisotopic (exact) mass is 601 g/mol. The third-order valence-corrected chi connectivity index (χ3v) is 10.1. The Morgan fingerprint density at radius 1 is 0.442 bits per heavy atom. The molecule has 1 rings (SSSR count). The predicted octanol–water partition coefficient (Wildman–Crippen LogP) is 15.1. The van der Waals surface area contributed by atoms with Gasteiger partial charge in [-0.05, 0) is 26.2 Å². The second-order valence-corrected chi connectivity index (χ2v) is 14.3. The number of unbranched alkanes of at least 4 members (excludes halogenated alkanes) is 26. The molecule has 2 nitrogen and oxygen atoms in total. The van der Waals surface area contributed by atoms with Crippen LogP contribution in [0.4, 0.5) is 0 Å². The average molecular weight is 601 g/mol. The predicted molar refractivity (Wildman–Crippen MR) is 194 cm³/mol. The standard InChI is InChI=1S/C41H80N2/c1-5-8-11-14-16-18-20-21-22-23-24-25-27-29-31-34-39(4)43-38-37-42-41(43)40(35-32-13-10-7-3)36-33-30-28-26-19-17-15-12-9-6-2/h37-40H,5-36H2,1-4H3. The van der Waals surface area contributed by atoms with Gasteiger partial charge in [0.1, 0.15) is 5.82 Å². The Kier molecular flexibility index (Phi) is 29.2. The molecule has 254 valence electrons. The van der Waals surface area contributed by atoms with Crippen molar-refractivity contribution in [1.82, 2.24) is 9.55 Å². The molecule has 0 bridgehead atoms. The Hall–Kier alpha value is -0.790. The SMILES string of the molecule is CCCCCCCCCCCCCCCCCC(C)n1ccnc1C(CCCCCC)CCCCCCCCCCCC. The van der Waals surface area contributed by atoms with Gasteiger partial charge in [-0.25, -0.2) is 4.98 Å². The van der Waals surface area contributed by atoms with Crippen LogP contribution >= 0.6 is 0 Å². The first-order valence-corrected chi connectivity index (χ1v) is 20.3. The molecule has 0 fully saturated rings. The summed E-state index contributed by atoms with van der Waals surface area (Å²) in [6.07, 6.45) is 49.7. The molecule has 2 atom stereocenters. The van der Waals surface area contributed by atoms with E-state index >= 15 is 0 Å². The Morgan fingerprint density at radius 3 is 1.12 bits per heavy atom. The number of nitrogens with zero attached hydrogens (tertiary/aromatic N) is 2. The second kappa shape index (κ2) is 31.2. The van der Waals surface area contributed by atoms with Crippen LogP contribution in [0.5, 0.6) is 0 Å². The molecule has 0 aliphatic rings. The van der Waals surface area contributed by atoms with E-state index in [9.17, 15) is 0 Å². The normalized spacial score (nSPS) is 13.1. The minimum Gasteiger partial charge on any atom is -0.332 e. The van der Waals surface area contributed by atoms with Crippen molar-refractivity contribution in [2.24, 2.45) is 0 Å². The number of hydrogen-bond acceptors (Lipinski definition) is 1. The molecule has 1 aromatic heterocycles. The van der Waals surface area contributed by atoms with Crippen molar-refractivity contribution < 1.29 is 0 Å². The molecule has 0 spiro atoms. The van der Waals surface area contributed by atoms with Gasteiger partial charge in [0.25, 0.3) is 0 Å². The fraction of sp³-hybridized carbons (Fsp3) is 0.927. The lowest BCUT2D eigenvalue weighted by molar-refractivity contribution is 0.413. The van der Waals surface area contributed by atoms with Crippen LogP contribution in [-0.2, 0) is 0 Å². The molecule has 1 aromatic rings. The van der Waals surface area contributed by atoms with Crippen molar-refractivity contribution >= 4 is 0 Å². The molecular weight excluding hydrogens is 520 g/mol. The van der Waals surface area contributed by atoms with E-state index in [2.05, 4.69) is 44.7 Å². The average Bonchev–Trinajstić information content (AvgIpc) is 3.51. The molecule has 43 heavy (non-hydrogen) atoms. The third-order valence-electron chi connectivity index (χ3n) is 10.1. The fourth-order valence-corrected chi connectivity index (χ4v) is 7.06. The summed E-state index contributed by atoms with van der Waals surface area (Å²) in [5.74, 6) is 2.06. The summed E-state index contributed by atoms with van der Waals surface area (Å²) < 4.78 is 2.57. The first-order valence-electron chi connectivity index (χ1n) is 20.3. The van der Waals surface area contributed by atoms with Crippen molar-refractivity contribution in [1.29, 1.82) is 0 Å². The van der Waals surface area contributed by atoms with Crippen molar-refractivity contribution in [3.8, 4) is 0 Å². The van der Waals surface area contributed by atoms with Gasteiger partial charge in [0, 0.05) is 24.4 Å². The highest BCUT2D eigenvalue weighted by atomic mass is 15.1. The molecule has 0 N–H and O–H groups in total. The maximum atomic E-state index is 4.98. The molecule has 0 saturated carbocycles. The number of hydrogen-bond donors (Lipinski definition) is 0. The second-order valence-electron chi connectivity index (χ2n) is 14.3. The highest BCUT2D eigenvalue weighted by Gasteiger charge is 2.19. The summed E-state index contributed by atoms with van der Waals surface area (Å²) >= 11 is 0. The Balaban J connectivity index is 2.25. The molecule has 0 amide bonds. The van der Waals surface area contributed by atoms with Gasteiger partial charge in [0.05, 0.1) is 0 Å². The lowest BCUT2D eigenvalue weighted by Crippen LogP contribution is -2.13. The van der Waals surface area contributed by atoms with E-state index in [-0.39, 0.29) is 0 Å². The zero-order chi connectivity index (χ0) is 31.1. The number of imidazole rings is 1. The number of rotatable bonds is 34. The molecular formula is C41H80N2. The minimum absolute atomic E-state index is 0.588. The first-order chi connectivity index (χ1) is 21.2. The van der Waals surface area contributed by atoms with Crippen LogP contribution in [-0.4, -0.2) is 9.55 Å². The van der Waals surface area contributed by atoms with Gasteiger partial charge in [0.2, 0.25) is 0 Å². The summed E-state index contributed by atoms with van der Waals surface area (Å²) in [4.78, 5) is 4.98. The van der Waals surface area contributed by atoms with E-state index in [0.717, 1.165) is 0 Å². The molecule has 0 aliphatic carbocycles. The van der Waals surface area contributed by atoms with E-state index in [1.165, 1.54) is 211 Å². The molecule has 0 radical (unpaired) electrons. The van der Waals surface area contributed by atoms with Crippen molar-refractivity contribution in [3.63, 3.8) is 0 Å². The fourth-order valence-electron chi connectivity index (χ4n) is 7.06. The molecule has 0 aliphatic heterocycles. The van der Waals surface area contributed by atoms with Gasteiger partial charge in [-0.2, -0.15) is 0 Å². The van der Waals surface area contributed by atoms with E-state index in [4.69, 9.17) is 4.98 Å². The largest absolute Gasteiger partial charge is 0.332 e. The van der Waals surface area contributed by atoms with E-state index in [1.54, 1.807) is 0 Å². The van der Waals surface area contributed by atoms with Gasteiger partial charge >= 0.3 is 0 Å². The van der Waals surface area contributed by atoms with Gasteiger partial charge in [-0.1, -0.05) is 207 Å². The maximum Gasteiger partial charge on any atom is 0.111 e. The molecule has 1 heterocycles. The maximum absolute atomic E-state index is 4.98. The van der Waals surface area contributed by atoms with Crippen LogP contribution in [0.25, 0.3) is 0 Å². The third kappa shape index (κ3) is 23.2. The summed E-state index contributed by atoms with van der Waals surface area (Å²) in [7, 11) is 0. The number of aromatic nitrogens is 2. The van der Waals surface area contributed by atoms with Gasteiger partial charge < -0.3 is 4.57 Å². The van der Waals surface area contributed by atoms with Crippen LogP contribution in [0.3, 0.4) is 0 Å². The topological polar surface area (TPSA) is 17.8 Å². The first kappa shape index (κ1) is 40.2. The van der Waals surface area contributed by atoms with E-state index in [1.807, 2.05) is 0 Å². The summed E-state index contributed by atoms with van der Waals surface area (Å²) in [6.45, 7) is 9.39. The van der Waals surface area contributed by atoms with E-state index in [0.29, 0.717) is 12.0 Å². The minimum atomic E-state index is 0.588. The van der Waals surface area contributed by atoms with E-state index < -0.39 is 0 Å². The molecule has 2 unspecified atom stereocenters. The van der Waals surface area contributed by atoms with Crippen molar-refractivity contribution in [2.75, 3.05) is 0 Å².